The monoisotopic (exact) mass is 225 g/mol. The average Bonchev–Trinajstić information content (AvgIpc) is 2.26. The Morgan fingerprint density at radius 1 is 1.33 bits per heavy atom. The standard InChI is InChI=1S/C12H16ClNO/c1-3-10-4-6-11(7-5-10)8-14-12(15)9(2)13/h4-7,9H,3,8H2,1-2H3,(H,14,15). The van der Waals surface area contributed by atoms with Gasteiger partial charge >= 0.3 is 0 Å². The van der Waals surface area contributed by atoms with Crippen molar-refractivity contribution in [1.82, 2.24) is 5.32 Å². The van der Waals surface area contributed by atoms with Crippen molar-refractivity contribution in [3.63, 3.8) is 0 Å². The molecule has 0 saturated heterocycles. The number of benzene rings is 1. The molecular weight excluding hydrogens is 210 g/mol. The van der Waals surface area contributed by atoms with Gasteiger partial charge in [0.25, 0.3) is 0 Å². The van der Waals surface area contributed by atoms with E-state index >= 15 is 0 Å². The van der Waals surface area contributed by atoms with E-state index in [2.05, 4.69) is 24.4 Å². The van der Waals surface area contributed by atoms with Crippen molar-refractivity contribution in [2.75, 3.05) is 0 Å². The van der Waals surface area contributed by atoms with Gasteiger partial charge in [-0.05, 0) is 24.5 Å². The molecule has 1 aromatic carbocycles. The fourth-order valence-electron chi connectivity index (χ4n) is 1.22. The van der Waals surface area contributed by atoms with E-state index in [-0.39, 0.29) is 5.91 Å². The van der Waals surface area contributed by atoms with E-state index in [0.29, 0.717) is 6.54 Å². The maximum Gasteiger partial charge on any atom is 0.238 e. The number of alkyl halides is 1. The van der Waals surface area contributed by atoms with Crippen molar-refractivity contribution in [1.29, 1.82) is 0 Å². The van der Waals surface area contributed by atoms with Crippen molar-refractivity contribution >= 4 is 17.5 Å². The van der Waals surface area contributed by atoms with Crippen LogP contribution < -0.4 is 5.32 Å². The third-order valence-electron chi connectivity index (χ3n) is 2.26. The van der Waals surface area contributed by atoms with Gasteiger partial charge in [-0.25, -0.2) is 0 Å². The first-order valence-corrected chi connectivity index (χ1v) is 5.56. The Kier molecular flexibility index (Phi) is 4.63. The molecule has 1 amide bonds. The summed E-state index contributed by atoms with van der Waals surface area (Å²) in [6.07, 6.45) is 1.03. The summed E-state index contributed by atoms with van der Waals surface area (Å²) >= 11 is 5.63. The summed E-state index contributed by atoms with van der Waals surface area (Å²) in [5.41, 5.74) is 2.40. The van der Waals surface area contributed by atoms with E-state index < -0.39 is 5.38 Å². The number of hydrogen-bond acceptors (Lipinski definition) is 1. The molecular formula is C12H16ClNO. The van der Waals surface area contributed by atoms with Crippen LogP contribution in [0, 0.1) is 0 Å². The second-order valence-corrected chi connectivity index (χ2v) is 4.16. The van der Waals surface area contributed by atoms with Gasteiger partial charge in [-0.1, -0.05) is 31.2 Å². The van der Waals surface area contributed by atoms with Crippen LogP contribution in [0.25, 0.3) is 0 Å². The Hall–Kier alpha value is -1.02. The smallest absolute Gasteiger partial charge is 0.238 e. The topological polar surface area (TPSA) is 29.1 Å². The van der Waals surface area contributed by atoms with E-state index in [1.807, 2.05) is 12.1 Å². The first-order valence-electron chi connectivity index (χ1n) is 5.13. The maximum absolute atomic E-state index is 11.2. The minimum atomic E-state index is -0.472. The van der Waals surface area contributed by atoms with Gasteiger partial charge in [0.15, 0.2) is 0 Å². The minimum Gasteiger partial charge on any atom is -0.351 e. The molecule has 82 valence electrons. The molecule has 0 heterocycles. The van der Waals surface area contributed by atoms with Gasteiger partial charge in [-0.15, -0.1) is 11.6 Å². The zero-order chi connectivity index (χ0) is 11.3. The van der Waals surface area contributed by atoms with Crippen molar-refractivity contribution in [2.24, 2.45) is 0 Å². The van der Waals surface area contributed by atoms with Crippen LogP contribution in [0.5, 0.6) is 0 Å². The molecule has 1 aromatic rings. The van der Waals surface area contributed by atoms with Gasteiger partial charge in [0.2, 0.25) is 5.91 Å². The van der Waals surface area contributed by atoms with E-state index in [9.17, 15) is 4.79 Å². The molecule has 0 aliphatic heterocycles. The lowest BCUT2D eigenvalue weighted by Crippen LogP contribution is -2.28. The number of rotatable bonds is 4. The summed E-state index contributed by atoms with van der Waals surface area (Å²) in [4.78, 5) is 11.2. The Morgan fingerprint density at radius 3 is 2.33 bits per heavy atom. The van der Waals surface area contributed by atoms with E-state index in [4.69, 9.17) is 11.6 Å². The van der Waals surface area contributed by atoms with Gasteiger partial charge in [-0.2, -0.15) is 0 Å². The molecule has 1 atom stereocenters. The molecule has 0 aromatic heterocycles. The molecule has 0 spiro atoms. The Labute approximate surface area is 95.6 Å². The number of hydrogen-bond donors (Lipinski definition) is 1. The summed E-state index contributed by atoms with van der Waals surface area (Å²) in [7, 11) is 0. The van der Waals surface area contributed by atoms with Gasteiger partial charge in [0.05, 0.1) is 0 Å². The van der Waals surface area contributed by atoms with E-state index in [1.165, 1.54) is 5.56 Å². The van der Waals surface area contributed by atoms with Gasteiger partial charge in [-0.3, -0.25) is 4.79 Å². The number of carbonyl (C=O) groups excluding carboxylic acids is 1. The van der Waals surface area contributed by atoms with Crippen LogP contribution in [-0.4, -0.2) is 11.3 Å². The first-order chi connectivity index (χ1) is 7.13. The van der Waals surface area contributed by atoms with Crippen LogP contribution in [0.4, 0.5) is 0 Å². The van der Waals surface area contributed by atoms with Crippen LogP contribution in [0.2, 0.25) is 0 Å². The Balaban J connectivity index is 2.47. The van der Waals surface area contributed by atoms with Gasteiger partial charge in [0, 0.05) is 6.54 Å². The highest BCUT2D eigenvalue weighted by Gasteiger charge is 2.07. The number of carbonyl (C=O) groups is 1. The highest BCUT2D eigenvalue weighted by Crippen LogP contribution is 2.05. The van der Waals surface area contributed by atoms with E-state index in [1.54, 1.807) is 6.92 Å². The van der Waals surface area contributed by atoms with E-state index in [0.717, 1.165) is 12.0 Å². The molecule has 0 aliphatic carbocycles. The molecule has 15 heavy (non-hydrogen) atoms. The molecule has 0 radical (unpaired) electrons. The highest BCUT2D eigenvalue weighted by molar-refractivity contribution is 6.30. The predicted molar refractivity (Wildman–Crippen MR) is 63.0 cm³/mol. The lowest BCUT2D eigenvalue weighted by Gasteiger charge is -2.06. The maximum atomic E-state index is 11.2. The molecule has 0 bridgehead atoms. The van der Waals surface area contributed by atoms with Crippen molar-refractivity contribution in [2.45, 2.75) is 32.2 Å². The van der Waals surface area contributed by atoms with Crippen LogP contribution >= 0.6 is 11.6 Å². The third-order valence-corrected chi connectivity index (χ3v) is 2.46. The van der Waals surface area contributed by atoms with Crippen molar-refractivity contribution in [3.8, 4) is 0 Å². The lowest BCUT2D eigenvalue weighted by molar-refractivity contribution is -0.120. The molecule has 1 N–H and O–H groups in total. The molecule has 0 fully saturated rings. The quantitative estimate of drug-likeness (QED) is 0.784. The Bertz CT molecular complexity index is 319. The average molecular weight is 226 g/mol. The third kappa shape index (κ3) is 3.92. The zero-order valence-corrected chi connectivity index (χ0v) is 9.84. The SMILES string of the molecule is CCc1ccc(CNC(=O)C(C)Cl)cc1. The largest absolute Gasteiger partial charge is 0.351 e. The van der Waals surface area contributed by atoms with Crippen molar-refractivity contribution < 1.29 is 4.79 Å². The van der Waals surface area contributed by atoms with Gasteiger partial charge in [0.1, 0.15) is 5.38 Å². The first kappa shape index (κ1) is 12.1. The minimum absolute atomic E-state index is 0.128. The number of amides is 1. The number of halogens is 1. The second-order valence-electron chi connectivity index (χ2n) is 3.50. The molecule has 1 rings (SSSR count). The summed E-state index contributed by atoms with van der Waals surface area (Å²) in [6.45, 7) is 4.32. The second kappa shape index (κ2) is 5.76. The number of nitrogens with one attached hydrogen (secondary N) is 1. The van der Waals surface area contributed by atoms with Crippen LogP contribution in [0.1, 0.15) is 25.0 Å². The highest BCUT2D eigenvalue weighted by atomic mass is 35.5. The summed E-state index contributed by atoms with van der Waals surface area (Å²) in [6, 6.07) is 8.20. The van der Waals surface area contributed by atoms with Crippen molar-refractivity contribution in [3.05, 3.63) is 35.4 Å². The fraction of sp³-hybridized carbons (Fsp3) is 0.417. The molecule has 3 heteroatoms. The molecule has 0 aliphatic rings. The fourth-order valence-corrected chi connectivity index (χ4v) is 1.30. The molecule has 2 nitrogen and oxygen atoms in total. The molecule has 0 saturated carbocycles. The molecule has 1 unspecified atom stereocenters. The normalized spacial score (nSPS) is 12.2. The summed E-state index contributed by atoms with van der Waals surface area (Å²) in [5.74, 6) is -0.128. The lowest BCUT2D eigenvalue weighted by atomic mass is 10.1. The number of aryl methyl sites for hydroxylation is 1. The summed E-state index contributed by atoms with van der Waals surface area (Å²) in [5, 5.41) is 2.29. The van der Waals surface area contributed by atoms with Crippen LogP contribution in [0.15, 0.2) is 24.3 Å². The predicted octanol–water partition coefficient (Wildman–Crippen LogP) is 2.49. The van der Waals surface area contributed by atoms with Gasteiger partial charge < -0.3 is 5.32 Å². The van der Waals surface area contributed by atoms with Crippen LogP contribution in [-0.2, 0) is 17.8 Å². The summed E-state index contributed by atoms with van der Waals surface area (Å²) < 4.78 is 0. The van der Waals surface area contributed by atoms with Crippen LogP contribution in [0.3, 0.4) is 0 Å². The Morgan fingerprint density at radius 2 is 1.87 bits per heavy atom. The zero-order valence-electron chi connectivity index (χ0n) is 9.09.